The van der Waals surface area contributed by atoms with Gasteiger partial charge < -0.3 is 5.73 Å². The smallest absolute Gasteiger partial charge is 0.0933 e. The zero-order valence-corrected chi connectivity index (χ0v) is 10.3. The Morgan fingerprint density at radius 3 is 2.43 bits per heavy atom. The number of rotatable bonds is 3. The molecule has 14 heavy (non-hydrogen) atoms. The van der Waals surface area contributed by atoms with Gasteiger partial charge in [0, 0.05) is 9.37 Å². The minimum absolute atomic E-state index is 0.495. The van der Waals surface area contributed by atoms with E-state index in [1.54, 1.807) is 24.3 Å². The van der Waals surface area contributed by atoms with E-state index in [2.05, 4.69) is 15.9 Å². The van der Waals surface area contributed by atoms with Crippen molar-refractivity contribution in [1.82, 2.24) is 0 Å². The zero-order valence-electron chi connectivity index (χ0n) is 7.87. The summed E-state index contributed by atoms with van der Waals surface area (Å²) in [7, 11) is -2.85. The minimum Gasteiger partial charge on any atom is -0.316 e. The molecule has 2 atom stereocenters. The summed E-state index contributed by atoms with van der Waals surface area (Å²) in [6.45, 7) is 1.83. The maximum Gasteiger partial charge on any atom is 0.0933 e. The fraction of sp³-hybridized carbons (Fsp3) is 0.333. The summed E-state index contributed by atoms with van der Waals surface area (Å²) < 4.78 is 20.6. The first-order chi connectivity index (χ1) is 6.48. The predicted molar refractivity (Wildman–Crippen MR) is 61.5 cm³/mol. The second kappa shape index (κ2) is 4.42. The lowest BCUT2D eigenvalue weighted by Crippen LogP contribution is -2.28. The molecule has 3 nitrogen and oxygen atoms in total. The van der Waals surface area contributed by atoms with E-state index in [9.17, 15) is 4.21 Å². The van der Waals surface area contributed by atoms with E-state index in [0.717, 1.165) is 4.47 Å². The molecule has 0 spiro atoms. The van der Waals surface area contributed by atoms with Gasteiger partial charge in [0.15, 0.2) is 0 Å². The molecule has 0 saturated heterocycles. The fourth-order valence-corrected chi connectivity index (χ4v) is 2.67. The van der Waals surface area contributed by atoms with Crippen LogP contribution in [0.1, 0.15) is 13.3 Å². The Morgan fingerprint density at radius 2 is 2.00 bits per heavy atom. The van der Waals surface area contributed by atoms with Crippen molar-refractivity contribution >= 4 is 25.7 Å². The highest BCUT2D eigenvalue weighted by atomic mass is 79.9. The van der Waals surface area contributed by atoms with Crippen molar-refractivity contribution in [3.63, 3.8) is 0 Å². The molecule has 5 heteroatoms. The summed E-state index contributed by atoms with van der Waals surface area (Å²) >= 11 is 3.28. The Balaban J connectivity index is 3.11. The van der Waals surface area contributed by atoms with Crippen molar-refractivity contribution in [2.45, 2.75) is 23.6 Å². The summed E-state index contributed by atoms with van der Waals surface area (Å²) in [5.41, 5.74) is 5.65. The van der Waals surface area contributed by atoms with E-state index in [1.165, 1.54) is 0 Å². The highest BCUT2D eigenvalue weighted by Crippen LogP contribution is 2.19. The quantitative estimate of drug-likeness (QED) is 0.891. The van der Waals surface area contributed by atoms with Crippen molar-refractivity contribution in [1.29, 1.82) is 4.78 Å². The summed E-state index contributed by atoms with van der Waals surface area (Å²) in [6, 6.07) is 6.89. The molecule has 2 unspecified atom stereocenters. The first-order valence-electron chi connectivity index (χ1n) is 4.27. The van der Waals surface area contributed by atoms with Crippen molar-refractivity contribution in [3.05, 3.63) is 28.7 Å². The predicted octanol–water partition coefficient (Wildman–Crippen LogP) is 2.55. The molecule has 78 valence electrons. The molecule has 0 aliphatic rings. The molecule has 0 saturated carbocycles. The van der Waals surface area contributed by atoms with Crippen LogP contribution in [-0.2, 0) is 9.73 Å². The molecule has 1 aromatic carbocycles. The Hall–Kier alpha value is -0.390. The molecule has 0 aromatic heterocycles. The standard InChI is InChI=1S/C9H13BrN2OS/c1-2-9(11)14(12,13)8-5-3-7(10)4-6-8/h3-6,9,12H,2,11H2,1H3. The van der Waals surface area contributed by atoms with Gasteiger partial charge in [-0.15, -0.1) is 0 Å². The van der Waals surface area contributed by atoms with Crippen molar-refractivity contribution in [2.75, 3.05) is 0 Å². The lowest BCUT2D eigenvalue weighted by Gasteiger charge is -2.13. The third-order valence-electron chi connectivity index (χ3n) is 1.99. The van der Waals surface area contributed by atoms with Gasteiger partial charge in [0.05, 0.1) is 15.1 Å². The molecular formula is C9H13BrN2OS. The van der Waals surface area contributed by atoms with Crippen LogP contribution >= 0.6 is 15.9 Å². The maximum absolute atomic E-state index is 12.0. The number of benzene rings is 1. The van der Waals surface area contributed by atoms with Crippen molar-refractivity contribution < 1.29 is 4.21 Å². The Labute approximate surface area is 92.8 Å². The van der Waals surface area contributed by atoms with Gasteiger partial charge in [0.1, 0.15) is 0 Å². The van der Waals surface area contributed by atoms with Crippen LogP contribution in [0.25, 0.3) is 0 Å². The highest BCUT2D eigenvalue weighted by molar-refractivity contribution is 9.10. The van der Waals surface area contributed by atoms with Gasteiger partial charge >= 0.3 is 0 Å². The van der Waals surface area contributed by atoms with E-state index in [-0.39, 0.29) is 0 Å². The van der Waals surface area contributed by atoms with Crippen LogP contribution < -0.4 is 5.73 Å². The molecule has 0 aliphatic carbocycles. The van der Waals surface area contributed by atoms with Gasteiger partial charge in [-0.25, -0.2) is 8.99 Å². The molecule has 1 rings (SSSR count). The van der Waals surface area contributed by atoms with Crippen LogP contribution in [0.15, 0.2) is 33.6 Å². The van der Waals surface area contributed by atoms with Crippen molar-refractivity contribution in [2.24, 2.45) is 5.73 Å². The molecule has 0 heterocycles. The third kappa shape index (κ3) is 2.34. The van der Waals surface area contributed by atoms with Crippen LogP contribution in [-0.4, -0.2) is 9.58 Å². The van der Waals surface area contributed by atoms with Gasteiger partial charge in [-0.3, -0.25) is 0 Å². The molecule has 0 fully saturated rings. The number of halogens is 1. The van der Waals surface area contributed by atoms with Gasteiger partial charge in [-0.1, -0.05) is 22.9 Å². The Kier molecular flexibility index (Phi) is 3.69. The van der Waals surface area contributed by atoms with E-state index in [4.69, 9.17) is 10.5 Å². The zero-order chi connectivity index (χ0) is 10.8. The number of hydrogen-bond acceptors (Lipinski definition) is 3. The Morgan fingerprint density at radius 1 is 1.50 bits per heavy atom. The summed E-state index contributed by atoms with van der Waals surface area (Å²) in [5.74, 6) is 0. The fourth-order valence-electron chi connectivity index (χ4n) is 1.05. The lowest BCUT2D eigenvalue weighted by atomic mass is 10.4. The van der Waals surface area contributed by atoms with Crippen LogP contribution in [0.4, 0.5) is 0 Å². The van der Waals surface area contributed by atoms with Gasteiger partial charge in [0.25, 0.3) is 0 Å². The van der Waals surface area contributed by atoms with Gasteiger partial charge in [-0.05, 0) is 30.7 Å². The average Bonchev–Trinajstić information content (AvgIpc) is 2.17. The van der Waals surface area contributed by atoms with Gasteiger partial charge in [0.2, 0.25) is 0 Å². The summed E-state index contributed by atoms with van der Waals surface area (Å²) in [6.07, 6.45) is 0.540. The van der Waals surface area contributed by atoms with E-state index < -0.39 is 15.1 Å². The van der Waals surface area contributed by atoms with Crippen LogP contribution in [0.3, 0.4) is 0 Å². The molecule has 1 aromatic rings. The van der Waals surface area contributed by atoms with Gasteiger partial charge in [-0.2, -0.15) is 0 Å². The van der Waals surface area contributed by atoms with E-state index in [0.29, 0.717) is 11.3 Å². The van der Waals surface area contributed by atoms with E-state index in [1.807, 2.05) is 6.92 Å². The second-order valence-corrected chi connectivity index (χ2v) is 6.20. The second-order valence-electron chi connectivity index (χ2n) is 3.00. The highest BCUT2D eigenvalue weighted by Gasteiger charge is 2.17. The summed E-state index contributed by atoms with van der Waals surface area (Å²) in [4.78, 5) is 0.495. The van der Waals surface area contributed by atoms with E-state index >= 15 is 0 Å². The number of nitrogens with two attached hydrogens (primary N) is 1. The number of hydrogen-bond donors (Lipinski definition) is 2. The average molecular weight is 277 g/mol. The summed E-state index contributed by atoms with van der Waals surface area (Å²) in [5, 5.41) is -0.594. The molecule has 3 N–H and O–H groups in total. The molecule has 0 amide bonds. The SMILES string of the molecule is CCC(N)S(=N)(=O)c1ccc(Br)cc1. The first-order valence-corrected chi connectivity index (χ1v) is 6.68. The normalized spacial score (nSPS) is 17.4. The lowest BCUT2D eigenvalue weighted by molar-refractivity contribution is 0.656. The topological polar surface area (TPSA) is 66.9 Å². The Bertz CT molecular complexity index is 399. The van der Waals surface area contributed by atoms with Crippen LogP contribution in [0.5, 0.6) is 0 Å². The monoisotopic (exact) mass is 276 g/mol. The largest absolute Gasteiger partial charge is 0.316 e. The van der Waals surface area contributed by atoms with Crippen LogP contribution in [0, 0.1) is 4.78 Å². The minimum atomic E-state index is -2.85. The number of nitrogens with one attached hydrogen (secondary N) is 1. The van der Waals surface area contributed by atoms with Crippen molar-refractivity contribution in [3.8, 4) is 0 Å². The molecule has 0 bridgehead atoms. The first kappa shape index (κ1) is 11.7. The van der Waals surface area contributed by atoms with Crippen LogP contribution in [0.2, 0.25) is 0 Å². The molecule has 0 radical (unpaired) electrons. The third-order valence-corrected chi connectivity index (χ3v) is 4.68. The maximum atomic E-state index is 12.0. The molecular weight excluding hydrogens is 264 g/mol. The molecule has 0 aliphatic heterocycles.